The van der Waals surface area contributed by atoms with Crippen molar-refractivity contribution in [3.63, 3.8) is 0 Å². The van der Waals surface area contributed by atoms with E-state index in [-0.39, 0.29) is 0 Å². The molecule has 0 radical (unpaired) electrons. The van der Waals surface area contributed by atoms with Gasteiger partial charge < -0.3 is 11.1 Å². The van der Waals surface area contributed by atoms with Gasteiger partial charge in [0.05, 0.1) is 0 Å². The van der Waals surface area contributed by atoms with E-state index >= 15 is 0 Å². The van der Waals surface area contributed by atoms with Gasteiger partial charge in [0.25, 0.3) is 0 Å². The molecule has 0 saturated heterocycles. The lowest BCUT2D eigenvalue weighted by atomic mass is 10.1. The lowest BCUT2D eigenvalue weighted by Crippen LogP contribution is -2.10. The average molecular weight is 222 g/mol. The van der Waals surface area contributed by atoms with Crippen molar-refractivity contribution in [2.45, 2.75) is 24.2 Å². The molecule has 0 aromatic heterocycles. The number of anilines is 1. The zero-order valence-corrected chi connectivity index (χ0v) is 9.78. The van der Waals surface area contributed by atoms with Crippen LogP contribution in [0.5, 0.6) is 0 Å². The molecule has 0 saturated carbocycles. The number of fused-ring (bicyclic) bond motifs is 1. The average Bonchev–Trinajstić information content (AvgIpc) is 2.29. The van der Waals surface area contributed by atoms with E-state index < -0.39 is 0 Å². The van der Waals surface area contributed by atoms with Crippen LogP contribution < -0.4 is 11.1 Å². The first-order chi connectivity index (χ1) is 7.40. The van der Waals surface area contributed by atoms with E-state index in [4.69, 9.17) is 5.73 Å². The number of hydrogen-bond acceptors (Lipinski definition) is 3. The molecule has 0 bridgehead atoms. The summed E-state index contributed by atoms with van der Waals surface area (Å²) in [6.07, 6.45) is 3.49. The second kappa shape index (κ2) is 5.42. The van der Waals surface area contributed by atoms with Crippen LogP contribution in [0.2, 0.25) is 0 Å². The third-order valence-electron chi connectivity index (χ3n) is 2.64. The summed E-state index contributed by atoms with van der Waals surface area (Å²) in [6, 6.07) is 6.76. The zero-order chi connectivity index (χ0) is 10.5. The van der Waals surface area contributed by atoms with Gasteiger partial charge in [-0.15, -0.1) is 11.8 Å². The molecule has 3 N–H and O–H groups in total. The molecule has 2 nitrogen and oxygen atoms in total. The second-order valence-corrected chi connectivity index (χ2v) is 4.99. The van der Waals surface area contributed by atoms with E-state index in [0.29, 0.717) is 0 Å². The van der Waals surface area contributed by atoms with Crippen LogP contribution in [0.15, 0.2) is 23.1 Å². The number of nitrogens with one attached hydrogen (secondary N) is 1. The van der Waals surface area contributed by atoms with Crippen LogP contribution in [0.1, 0.15) is 18.4 Å². The van der Waals surface area contributed by atoms with E-state index in [1.807, 2.05) is 11.8 Å². The van der Waals surface area contributed by atoms with Crippen molar-refractivity contribution in [2.24, 2.45) is 5.73 Å². The number of unbranched alkanes of at least 4 members (excludes halogenated alkanes) is 1. The van der Waals surface area contributed by atoms with Crippen LogP contribution in [0.25, 0.3) is 0 Å². The molecule has 1 aliphatic rings. The molecule has 0 aliphatic carbocycles. The van der Waals surface area contributed by atoms with Gasteiger partial charge in [-0.3, -0.25) is 0 Å². The molecule has 82 valence electrons. The van der Waals surface area contributed by atoms with Crippen LogP contribution in [-0.4, -0.2) is 18.8 Å². The Morgan fingerprint density at radius 2 is 2.27 bits per heavy atom. The molecule has 3 heteroatoms. The Morgan fingerprint density at radius 3 is 3.13 bits per heavy atom. The lowest BCUT2D eigenvalue weighted by molar-refractivity contribution is 0.744. The summed E-state index contributed by atoms with van der Waals surface area (Å²) in [5, 5.41) is 3.42. The fourth-order valence-electron chi connectivity index (χ4n) is 1.81. The summed E-state index contributed by atoms with van der Waals surface area (Å²) in [6.45, 7) is 1.89. The second-order valence-electron chi connectivity index (χ2n) is 3.85. The fourth-order valence-corrected chi connectivity index (χ4v) is 2.76. The topological polar surface area (TPSA) is 38.0 Å². The summed E-state index contributed by atoms with van der Waals surface area (Å²) in [7, 11) is 0. The highest BCUT2D eigenvalue weighted by Gasteiger charge is 2.08. The Balaban J connectivity index is 2.00. The Labute approximate surface area is 95.6 Å². The minimum absolute atomic E-state index is 0.807. The van der Waals surface area contributed by atoms with Gasteiger partial charge in [-0.05, 0) is 43.5 Å². The summed E-state index contributed by atoms with van der Waals surface area (Å²) < 4.78 is 0. The number of aryl methyl sites for hydroxylation is 1. The molecule has 1 heterocycles. The molecular weight excluding hydrogens is 204 g/mol. The largest absolute Gasteiger partial charge is 0.383 e. The molecule has 1 aromatic carbocycles. The third-order valence-corrected chi connectivity index (χ3v) is 3.70. The van der Waals surface area contributed by atoms with Gasteiger partial charge in [0, 0.05) is 22.9 Å². The Morgan fingerprint density at radius 1 is 1.33 bits per heavy atom. The lowest BCUT2D eigenvalue weighted by Gasteiger charge is -2.18. The van der Waals surface area contributed by atoms with Crippen LogP contribution in [0.4, 0.5) is 5.69 Å². The van der Waals surface area contributed by atoms with Gasteiger partial charge in [0.15, 0.2) is 0 Å². The first-order valence-electron chi connectivity index (χ1n) is 5.60. The van der Waals surface area contributed by atoms with E-state index in [1.165, 1.54) is 28.3 Å². The van der Waals surface area contributed by atoms with E-state index in [1.54, 1.807) is 0 Å². The van der Waals surface area contributed by atoms with E-state index in [9.17, 15) is 0 Å². The van der Waals surface area contributed by atoms with Crippen LogP contribution >= 0.6 is 11.8 Å². The Bertz CT molecular complexity index is 325. The molecule has 0 spiro atoms. The quantitative estimate of drug-likeness (QED) is 0.769. The molecule has 0 fully saturated rings. The highest BCUT2D eigenvalue weighted by atomic mass is 32.2. The van der Waals surface area contributed by atoms with Crippen molar-refractivity contribution in [1.82, 2.24) is 0 Å². The van der Waals surface area contributed by atoms with E-state index in [0.717, 1.165) is 25.9 Å². The van der Waals surface area contributed by atoms with Gasteiger partial charge in [-0.2, -0.15) is 0 Å². The van der Waals surface area contributed by atoms with Crippen molar-refractivity contribution in [1.29, 1.82) is 0 Å². The summed E-state index contributed by atoms with van der Waals surface area (Å²) in [5.74, 6) is 1.18. The molecular formula is C12H18N2S. The predicted octanol–water partition coefficient (Wildman–Crippen LogP) is 2.49. The maximum Gasteiger partial charge on any atom is 0.0478 e. The highest BCUT2D eigenvalue weighted by Crippen LogP contribution is 2.31. The minimum Gasteiger partial charge on any atom is -0.383 e. The first kappa shape index (κ1) is 10.8. The van der Waals surface area contributed by atoms with Gasteiger partial charge in [0.2, 0.25) is 0 Å². The smallest absolute Gasteiger partial charge is 0.0478 e. The van der Waals surface area contributed by atoms with Crippen LogP contribution in [0.3, 0.4) is 0 Å². The number of hydrogen-bond donors (Lipinski definition) is 2. The van der Waals surface area contributed by atoms with Gasteiger partial charge in [-0.1, -0.05) is 6.07 Å². The molecule has 15 heavy (non-hydrogen) atoms. The maximum atomic E-state index is 5.49. The predicted molar refractivity (Wildman–Crippen MR) is 67.6 cm³/mol. The monoisotopic (exact) mass is 222 g/mol. The van der Waals surface area contributed by atoms with Crippen molar-refractivity contribution in [3.8, 4) is 0 Å². The SMILES string of the molecule is NCCCCc1ccc2c(c1)SCCN2. The maximum absolute atomic E-state index is 5.49. The molecule has 0 atom stereocenters. The van der Waals surface area contributed by atoms with Gasteiger partial charge >= 0.3 is 0 Å². The molecule has 1 aromatic rings. The minimum atomic E-state index is 0.807. The summed E-state index contributed by atoms with van der Waals surface area (Å²) in [4.78, 5) is 1.41. The molecule has 0 unspecified atom stereocenters. The number of thioether (sulfide) groups is 1. The standard InChI is InChI=1S/C12H18N2S/c13-6-2-1-3-10-4-5-11-12(9-10)15-8-7-14-11/h4-5,9,14H,1-3,6-8,13H2. The Hall–Kier alpha value is -0.670. The Kier molecular flexibility index (Phi) is 3.92. The normalized spacial score (nSPS) is 14.5. The molecule has 2 rings (SSSR count). The first-order valence-corrected chi connectivity index (χ1v) is 6.58. The fraction of sp³-hybridized carbons (Fsp3) is 0.500. The number of nitrogens with two attached hydrogens (primary N) is 1. The van der Waals surface area contributed by atoms with Crippen LogP contribution in [0, 0.1) is 0 Å². The van der Waals surface area contributed by atoms with Crippen molar-refractivity contribution in [3.05, 3.63) is 23.8 Å². The number of benzene rings is 1. The van der Waals surface area contributed by atoms with Crippen molar-refractivity contribution >= 4 is 17.4 Å². The third kappa shape index (κ3) is 2.89. The highest BCUT2D eigenvalue weighted by molar-refractivity contribution is 7.99. The molecule has 0 amide bonds. The van der Waals surface area contributed by atoms with Gasteiger partial charge in [-0.25, -0.2) is 0 Å². The van der Waals surface area contributed by atoms with Crippen LogP contribution in [-0.2, 0) is 6.42 Å². The van der Waals surface area contributed by atoms with Crippen molar-refractivity contribution in [2.75, 3.05) is 24.2 Å². The van der Waals surface area contributed by atoms with Crippen molar-refractivity contribution < 1.29 is 0 Å². The summed E-state index contributed by atoms with van der Waals surface area (Å²) >= 11 is 1.95. The van der Waals surface area contributed by atoms with E-state index in [2.05, 4.69) is 23.5 Å². The molecule has 1 aliphatic heterocycles. The van der Waals surface area contributed by atoms with Gasteiger partial charge in [0.1, 0.15) is 0 Å². The zero-order valence-electron chi connectivity index (χ0n) is 8.96. The summed E-state index contributed by atoms with van der Waals surface area (Å²) in [5.41, 5.74) is 8.23. The number of rotatable bonds is 4.